The van der Waals surface area contributed by atoms with Gasteiger partial charge in [0.05, 0.1) is 12.1 Å². The predicted octanol–water partition coefficient (Wildman–Crippen LogP) is 2.29. The van der Waals surface area contributed by atoms with Crippen LogP contribution in [0.4, 0.5) is 0 Å². The topological polar surface area (TPSA) is 38.3 Å². The fourth-order valence-corrected chi connectivity index (χ4v) is 4.44. The number of hydrogen-bond acceptors (Lipinski definition) is 2. The van der Waals surface area contributed by atoms with Gasteiger partial charge in [0.25, 0.3) is 0 Å². The summed E-state index contributed by atoms with van der Waals surface area (Å²) in [6, 6.07) is 10.5. The van der Waals surface area contributed by atoms with Crippen LogP contribution in [0.5, 0.6) is 0 Å². The molecule has 1 saturated heterocycles. The molecule has 3 aliphatic rings. The fraction of sp³-hybridized carbons (Fsp3) is 0.562. The van der Waals surface area contributed by atoms with E-state index in [0.717, 1.165) is 5.92 Å². The maximum Gasteiger partial charge on any atom is 0.246 e. The van der Waals surface area contributed by atoms with Crippen LogP contribution in [-0.4, -0.2) is 18.6 Å². The molecule has 0 unspecified atom stereocenters. The highest BCUT2D eigenvalue weighted by molar-refractivity contribution is 5.78. The smallest absolute Gasteiger partial charge is 0.246 e. The Hall–Kier alpha value is -1.35. The summed E-state index contributed by atoms with van der Waals surface area (Å²) >= 11 is 0. The average Bonchev–Trinajstić information content (AvgIpc) is 3.00. The number of hydrogen-bond donors (Lipinski definition) is 1. The molecule has 0 spiro atoms. The van der Waals surface area contributed by atoms with Crippen molar-refractivity contribution in [3.8, 4) is 0 Å². The van der Waals surface area contributed by atoms with Crippen molar-refractivity contribution in [3.63, 3.8) is 0 Å². The molecule has 2 bridgehead atoms. The van der Waals surface area contributed by atoms with E-state index in [1.807, 2.05) is 6.07 Å². The monoisotopic (exact) mass is 257 g/mol. The number of carbonyl (C=O) groups excluding carboxylic acids is 1. The Morgan fingerprint density at radius 2 is 1.89 bits per heavy atom. The molecule has 0 radical (unpaired) electrons. The van der Waals surface area contributed by atoms with E-state index in [9.17, 15) is 4.79 Å². The highest BCUT2D eigenvalue weighted by Crippen LogP contribution is 2.54. The SMILES string of the molecule is O=C1CO[C@@H]2[C@H]3CC[C@H](C3)[C@@H]2[C@H](c2ccccc2)N1. The van der Waals surface area contributed by atoms with Crippen LogP contribution in [0.15, 0.2) is 30.3 Å². The van der Waals surface area contributed by atoms with Crippen LogP contribution in [-0.2, 0) is 9.53 Å². The Morgan fingerprint density at radius 3 is 2.74 bits per heavy atom. The van der Waals surface area contributed by atoms with Gasteiger partial charge in [-0.2, -0.15) is 0 Å². The third-order valence-electron chi connectivity index (χ3n) is 5.17. The van der Waals surface area contributed by atoms with Crippen LogP contribution in [0.1, 0.15) is 30.9 Å². The highest BCUT2D eigenvalue weighted by Gasteiger charge is 2.53. The van der Waals surface area contributed by atoms with E-state index in [0.29, 0.717) is 11.8 Å². The average molecular weight is 257 g/mol. The highest BCUT2D eigenvalue weighted by atomic mass is 16.5. The van der Waals surface area contributed by atoms with Crippen LogP contribution in [0, 0.1) is 17.8 Å². The Labute approximate surface area is 113 Å². The number of amides is 1. The number of benzene rings is 1. The molecule has 5 atom stereocenters. The first-order valence-corrected chi connectivity index (χ1v) is 7.29. The molecule has 4 rings (SSSR count). The molecular weight excluding hydrogens is 238 g/mol. The zero-order valence-electron chi connectivity index (χ0n) is 10.9. The lowest BCUT2D eigenvalue weighted by atomic mass is 9.78. The third-order valence-corrected chi connectivity index (χ3v) is 5.17. The van der Waals surface area contributed by atoms with Gasteiger partial charge in [0.1, 0.15) is 6.61 Å². The molecule has 100 valence electrons. The molecular formula is C16H19NO2. The lowest BCUT2D eigenvalue weighted by molar-refractivity contribution is -0.126. The van der Waals surface area contributed by atoms with Crippen molar-refractivity contribution in [2.24, 2.45) is 17.8 Å². The number of rotatable bonds is 1. The second-order valence-electron chi connectivity index (χ2n) is 6.14. The normalized spacial score (nSPS) is 40.6. The van der Waals surface area contributed by atoms with Gasteiger partial charge in [0, 0.05) is 5.92 Å². The van der Waals surface area contributed by atoms with Gasteiger partial charge in [0.15, 0.2) is 0 Å². The number of nitrogens with one attached hydrogen (secondary N) is 1. The zero-order valence-corrected chi connectivity index (χ0v) is 10.9. The van der Waals surface area contributed by atoms with Crippen molar-refractivity contribution in [2.75, 3.05) is 6.61 Å². The van der Waals surface area contributed by atoms with Gasteiger partial charge in [-0.25, -0.2) is 0 Å². The molecule has 1 amide bonds. The van der Waals surface area contributed by atoms with E-state index in [1.54, 1.807) is 0 Å². The second-order valence-corrected chi connectivity index (χ2v) is 6.14. The Bertz CT molecular complexity index is 487. The minimum Gasteiger partial charge on any atom is -0.368 e. The molecule has 19 heavy (non-hydrogen) atoms. The minimum absolute atomic E-state index is 0.0302. The molecule has 0 aromatic heterocycles. The predicted molar refractivity (Wildman–Crippen MR) is 71.4 cm³/mol. The van der Waals surface area contributed by atoms with Crippen LogP contribution >= 0.6 is 0 Å². The van der Waals surface area contributed by atoms with Crippen molar-refractivity contribution in [3.05, 3.63) is 35.9 Å². The Balaban J connectivity index is 1.72. The summed E-state index contributed by atoms with van der Waals surface area (Å²) < 4.78 is 5.91. The van der Waals surface area contributed by atoms with Crippen LogP contribution < -0.4 is 5.32 Å². The van der Waals surface area contributed by atoms with Crippen molar-refractivity contribution in [1.82, 2.24) is 5.32 Å². The van der Waals surface area contributed by atoms with Crippen molar-refractivity contribution in [2.45, 2.75) is 31.4 Å². The second kappa shape index (κ2) is 4.34. The molecule has 2 saturated carbocycles. The third kappa shape index (κ3) is 1.79. The Kier molecular flexibility index (Phi) is 2.62. The molecule has 1 heterocycles. The largest absolute Gasteiger partial charge is 0.368 e. The summed E-state index contributed by atoms with van der Waals surface area (Å²) in [6.45, 7) is 0.230. The first-order valence-electron chi connectivity index (χ1n) is 7.29. The van der Waals surface area contributed by atoms with Gasteiger partial charge in [-0.15, -0.1) is 0 Å². The molecule has 2 aliphatic carbocycles. The van der Waals surface area contributed by atoms with Gasteiger partial charge >= 0.3 is 0 Å². The summed E-state index contributed by atoms with van der Waals surface area (Å²) in [7, 11) is 0. The summed E-state index contributed by atoms with van der Waals surface area (Å²) in [5.41, 5.74) is 1.23. The Morgan fingerprint density at radius 1 is 1.11 bits per heavy atom. The summed E-state index contributed by atoms with van der Waals surface area (Å²) in [5.74, 6) is 1.89. The van der Waals surface area contributed by atoms with Gasteiger partial charge in [-0.05, 0) is 36.7 Å². The summed E-state index contributed by atoms with van der Waals surface area (Å²) in [4.78, 5) is 11.9. The molecule has 3 nitrogen and oxygen atoms in total. The van der Waals surface area contributed by atoms with E-state index in [1.165, 1.54) is 24.8 Å². The summed E-state index contributed by atoms with van der Waals surface area (Å²) in [6.07, 6.45) is 4.15. The molecule has 1 aliphatic heterocycles. The number of fused-ring (bicyclic) bond motifs is 5. The van der Waals surface area contributed by atoms with E-state index in [-0.39, 0.29) is 24.7 Å². The van der Waals surface area contributed by atoms with E-state index >= 15 is 0 Å². The maximum absolute atomic E-state index is 11.9. The number of carbonyl (C=O) groups is 1. The van der Waals surface area contributed by atoms with Crippen molar-refractivity contribution in [1.29, 1.82) is 0 Å². The minimum atomic E-state index is 0.0302. The van der Waals surface area contributed by atoms with E-state index in [2.05, 4.69) is 29.6 Å². The lowest BCUT2D eigenvalue weighted by Gasteiger charge is -2.34. The van der Waals surface area contributed by atoms with Crippen molar-refractivity contribution < 1.29 is 9.53 Å². The van der Waals surface area contributed by atoms with E-state index in [4.69, 9.17) is 4.74 Å². The quantitative estimate of drug-likeness (QED) is 0.838. The lowest BCUT2D eigenvalue weighted by Crippen LogP contribution is -2.37. The molecule has 1 aromatic rings. The van der Waals surface area contributed by atoms with Crippen LogP contribution in [0.2, 0.25) is 0 Å². The maximum atomic E-state index is 11.9. The zero-order chi connectivity index (χ0) is 12.8. The van der Waals surface area contributed by atoms with Crippen LogP contribution in [0.25, 0.3) is 0 Å². The molecule has 3 fully saturated rings. The first-order chi connectivity index (χ1) is 9.33. The van der Waals surface area contributed by atoms with Gasteiger partial charge in [-0.1, -0.05) is 30.3 Å². The van der Waals surface area contributed by atoms with E-state index < -0.39 is 0 Å². The standard InChI is InChI=1S/C16H19NO2/c18-13-9-19-16-12-7-6-11(8-12)14(16)15(17-13)10-4-2-1-3-5-10/h1-5,11-12,14-16H,6-9H2,(H,17,18)/t11-,12+,14-,15+,16-/m1/s1. The number of ether oxygens (including phenoxy) is 1. The van der Waals surface area contributed by atoms with Gasteiger partial charge in [-0.3, -0.25) is 4.79 Å². The molecule has 3 heteroatoms. The molecule has 1 aromatic carbocycles. The summed E-state index contributed by atoms with van der Waals surface area (Å²) in [5, 5.41) is 3.19. The fourth-order valence-electron chi connectivity index (χ4n) is 4.44. The van der Waals surface area contributed by atoms with Gasteiger partial charge in [0.2, 0.25) is 5.91 Å². The van der Waals surface area contributed by atoms with Crippen molar-refractivity contribution >= 4 is 5.91 Å². The first kappa shape index (κ1) is 11.5. The molecule has 1 N–H and O–H groups in total. The van der Waals surface area contributed by atoms with Gasteiger partial charge < -0.3 is 10.1 Å². The van der Waals surface area contributed by atoms with Crippen LogP contribution in [0.3, 0.4) is 0 Å².